The van der Waals surface area contributed by atoms with Gasteiger partial charge in [-0.3, -0.25) is 4.98 Å². The van der Waals surface area contributed by atoms with Crippen LogP contribution in [0.15, 0.2) is 65.6 Å². The van der Waals surface area contributed by atoms with Crippen molar-refractivity contribution < 1.29 is 13.5 Å². The third-order valence-corrected chi connectivity index (χ3v) is 7.10. The van der Waals surface area contributed by atoms with Crippen molar-refractivity contribution in [1.29, 1.82) is 0 Å². The summed E-state index contributed by atoms with van der Waals surface area (Å²) in [5.74, 6) is 0. The Morgan fingerprint density at radius 2 is 1.87 bits per heavy atom. The molecule has 2 aromatic carbocycles. The van der Waals surface area contributed by atoms with E-state index in [-0.39, 0.29) is 4.90 Å². The summed E-state index contributed by atoms with van der Waals surface area (Å²) in [5, 5.41) is 13.9. The second-order valence-corrected chi connectivity index (χ2v) is 9.62. The zero-order chi connectivity index (χ0) is 22.0. The lowest BCUT2D eigenvalue weighted by Gasteiger charge is -2.19. The molecule has 2 atom stereocenters. The zero-order valence-corrected chi connectivity index (χ0v) is 18.5. The Labute approximate surface area is 183 Å². The fourth-order valence-corrected chi connectivity index (χ4v) is 5.15. The minimum Gasteiger partial charge on any atom is -0.391 e. The fraction of sp³-hybridized carbons (Fsp3) is 0.292. The average Bonchev–Trinajstić information content (AvgIpc) is 3.06. The Kier molecular flexibility index (Phi) is 6.09. The third kappa shape index (κ3) is 4.79. The van der Waals surface area contributed by atoms with E-state index < -0.39 is 22.2 Å². The Balaban J connectivity index is 1.53. The second-order valence-electron chi connectivity index (χ2n) is 7.91. The summed E-state index contributed by atoms with van der Waals surface area (Å²) in [7, 11) is -3.76. The molecule has 0 saturated carbocycles. The van der Waals surface area contributed by atoms with Gasteiger partial charge in [0, 0.05) is 17.8 Å². The number of sulfonamides is 1. The standard InChI is InChI=1S/C24H27N3O3S/c1-3-17-7-11-21(12-8-17)31(29,30)27-24-22-14-19(10-9-18(22)13-23(24)28)25-15-20-6-4-5-16(2)26-20/h4-12,14,23-25,27-28H,3,13,15H2,1-2H3. The number of rotatable bonds is 7. The molecule has 0 bridgehead atoms. The molecule has 2 unspecified atom stereocenters. The smallest absolute Gasteiger partial charge is 0.241 e. The monoisotopic (exact) mass is 437 g/mol. The summed E-state index contributed by atoms with van der Waals surface area (Å²) < 4.78 is 28.6. The Morgan fingerprint density at radius 3 is 2.58 bits per heavy atom. The maximum atomic E-state index is 12.9. The highest BCUT2D eigenvalue weighted by molar-refractivity contribution is 7.89. The van der Waals surface area contributed by atoms with Gasteiger partial charge in [-0.05, 0) is 66.4 Å². The molecule has 6 nitrogen and oxygen atoms in total. The maximum Gasteiger partial charge on any atom is 0.241 e. The van der Waals surface area contributed by atoms with Crippen molar-refractivity contribution in [3.63, 3.8) is 0 Å². The fourth-order valence-electron chi connectivity index (χ4n) is 3.90. The first kappa shape index (κ1) is 21.5. The largest absolute Gasteiger partial charge is 0.391 e. The molecule has 0 aliphatic heterocycles. The van der Waals surface area contributed by atoms with E-state index >= 15 is 0 Å². The number of aryl methyl sites for hydroxylation is 2. The van der Waals surface area contributed by atoms with Gasteiger partial charge in [0.2, 0.25) is 10.0 Å². The van der Waals surface area contributed by atoms with E-state index in [1.807, 2.05) is 62.4 Å². The molecule has 7 heteroatoms. The molecule has 31 heavy (non-hydrogen) atoms. The predicted octanol–water partition coefficient (Wildman–Crippen LogP) is 3.50. The number of hydrogen-bond acceptors (Lipinski definition) is 5. The van der Waals surface area contributed by atoms with Gasteiger partial charge in [0.1, 0.15) is 0 Å². The number of aliphatic hydroxyl groups is 1. The molecule has 0 saturated heterocycles. The molecule has 1 heterocycles. The third-order valence-electron chi connectivity index (χ3n) is 5.64. The number of pyridine rings is 1. The number of hydrogen-bond donors (Lipinski definition) is 3. The maximum absolute atomic E-state index is 12.9. The minimum atomic E-state index is -3.76. The van der Waals surface area contributed by atoms with Gasteiger partial charge in [-0.1, -0.05) is 31.2 Å². The zero-order valence-electron chi connectivity index (χ0n) is 17.7. The van der Waals surface area contributed by atoms with Crippen LogP contribution in [-0.4, -0.2) is 24.6 Å². The number of benzene rings is 2. The number of anilines is 1. The van der Waals surface area contributed by atoms with Crippen LogP contribution in [0.1, 0.15) is 41.0 Å². The molecule has 1 aliphatic rings. The number of nitrogens with one attached hydrogen (secondary N) is 2. The molecule has 4 rings (SSSR count). The molecule has 3 N–H and O–H groups in total. The highest BCUT2D eigenvalue weighted by Crippen LogP contribution is 2.34. The molecule has 3 aromatic rings. The van der Waals surface area contributed by atoms with E-state index in [0.29, 0.717) is 13.0 Å². The van der Waals surface area contributed by atoms with Crippen molar-refractivity contribution in [2.75, 3.05) is 5.32 Å². The van der Waals surface area contributed by atoms with E-state index in [9.17, 15) is 13.5 Å². The lowest BCUT2D eigenvalue weighted by molar-refractivity contribution is 0.151. The summed E-state index contributed by atoms with van der Waals surface area (Å²) >= 11 is 0. The Bertz CT molecular complexity index is 1180. The Morgan fingerprint density at radius 1 is 1.10 bits per heavy atom. The lowest BCUT2D eigenvalue weighted by Crippen LogP contribution is -2.33. The van der Waals surface area contributed by atoms with Gasteiger partial charge in [0.25, 0.3) is 0 Å². The van der Waals surface area contributed by atoms with Crippen molar-refractivity contribution in [2.24, 2.45) is 0 Å². The molecular formula is C24H27N3O3S. The van der Waals surface area contributed by atoms with Gasteiger partial charge in [-0.2, -0.15) is 0 Å². The van der Waals surface area contributed by atoms with Crippen LogP contribution in [0.3, 0.4) is 0 Å². The second kappa shape index (κ2) is 8.78. The van der Waals surface area contributed by atoms with Gasteiger partial charge >= 0.3 is 0 Å². The highest BCUT2D eigenvalue weighted by atomic mass is 32.2. The van der Waals surface area contributed by atoms with Crippen LogP contribution in [0.4, 0.5) is 5.69 Å². The average molecular weight is 438 g/mol. The first-order valence-corrected chi connectivity index (χ1v) is 11.9. The minimum absolute atomic E-state index is 0.199. The van der Waals surface area contributed by atoms with Gasteiger partial charge in [-0.25, -0.2) is 13.1 Å². The van der Waals surface area contributed by atoms with Crippen molar-refractivity contribution in [1.82, 2.24) is 9.71 Å². The van der Waals surface area contributed by atoms with Crippen LogP contribution in [0.5, 0.6) is 0 Å². The van der Waals surface area contributed by atoms with Gasteiger partial charge in [-0.15, -0.1) is 0 Å². The van der Waals surface area contributed by atoms with E-state index in [1.165, 1.54) is 0 Å². The van der Waals surface area contributed by atoms with Gasteiger partial charge in [0.15, 0.2) is 0 Å². The first-order valence-electron chi connectivity index (χ1n) is 10.4. The van der Waals surface area contributed by atoms with Crippen molar-refractivity contribution >= 4 is 15.7 Å². The molecule has 1 aromatic heterocycles. The molecule has 0 radical (unpaired) electrons. The molecule has 0 spiro atoms. The van der Waals surface area contributed by atoms with Crippen molar-refractivity contribution in [3.05, 3.63) is 88.7 Å². The van der Waals surface area contributed by atoms with Crippen LogP contribution in [0.25, 0.3) is 0 Å². The summed E-state index contributed by atoms with van der Waals surface area (Å²) in [5.41, 5.74) is 5.55. The van der Waals surface area contributed by atoms with Gasteiger partial charge < -0.3 is 10.4 Å². The quantitative estimate of drug-likeness (QED) is 0.526. The normalized spacial score (nSPS) is 18.0. The molecule has 0 amide bonds. The summed E-state index contributed by atoms with van der Waals surface area (Å²) in [6, 6.07) is 17.8. The van der Waals surface area contributed by atoms with Crippen LogP contribution < -0.4 is 10.0 Å². The first-order chi connectivity index (χ1) is 14.9. The topological polar surface area (TPSA) is 91.3 Å². The predicted molar refractivity (Wildman–Crippen MR) is 121 cm³/mol. The molecule has 1 aliphatic carbocycles. The number of aromatic nitrogens is 1. The van der Waals surface area contributed by atoms with Crippen LogP contribution >= 0.6 is 0 Å². The van der Waals surface area contributed by atoms with Crippen LogP contribution in [0.2, 0.25) is 0 Å². The Hall–Kier alpha value is -2.74. The van der Waals surface area contributed by atoms with Crippen molar-refractivity contribution in [3.8, 4) is 0 Å². The number of fused-ring (bicyclic) bond motifs is 1. The lowest BCUT2D eigenvalue weighted by atomic mass is 10.1. The summed E-state index contributed by atoms with van der Waals surface area (Å²) in [4.78, 5) is 4.69. The number of aliphatic hydroxyl groups excluding tert-OH is 1. The van der Waals surface area contributed by atoms with Gasteiger partial charge in [0.05, 0.1) is 29.3 Å². The highest BCUT2D eigenvalue weighted by Gasteiger charge is 2.34. The summed E-state index contributed by atoms with van der Waals surface area (Å²) in [6.07, 6.45) is 0.446. The number of nitrogens with zero attached hydrogens (tertiary/aromatic N) is 1. The molecule has 0 fully saturated rings. The summed E-state index contributed by atoms with van der Waals surface area (Å²) in [6.45, 7) is 4.53. The van der Waals surface area contributed by atoms with E-state index in [1.54, 1.807) is 12.1 Å². The molecule has 162 valence electrons. The van der Waals surface area contributed by atoms with E-state index in [4.69, 9.17) is 0 Å². The van der Waals surface area contributed by atoms with Crippen molar-refractivity contribution in [2.45, 2.75) is 50.3 Å². The van der Waals surface area contributed by atoms with Crippen LogP contribution in [0, 0.1) is 6.92 Å². The molecular weight excluding hydrogens is 410 g/mol. The van der Waals surface area contributed by atoms with Crippen LogP contribution in [-0.2, 0) is 29.4 Å². The SMILES string of the molecule is CCc1ccc(S(=O)(=O)NC2c3cc(NCc4cccc(C)n4)ccc3CC2O)cc1. The van der Waals surface area contributed by atoms with E-state index in [2.05, 4.69) is 15.0 Å². The van der Waals surface area contributed by atoms with E-state index in [0.717, 1.165) is 40.2 Å².